The first kappa shape index (κ1) is 17.3. The fourth-order valence-electron chi connectivity index (χ4n) is 2.45. The molecule has 1 unspecified atom stereocenters. The Hall–Kier alpha value is -2.04. The normalized spacial score (nSPS) is 12.0. The third kappa shape index (κ3) is 4.98. The van der Waals surface area contributed by atoms with Crippen LogP contribution < -0.4 is 14.8 Å². The van der Waals surface area contributed by atoms with Gasteiger partial charge in [-0.15, -0.1) is 0 Å². The lowest BCUT2D eigenvalue weighted by Crippen LogP contribution is -2.21. The Bertz CT molecular complexity index is 628. The van der Waals surface area contributed by atoms with Gasteiger partial charge >= 0.3 is 0 Å². The molecule has 4 heteroatoms. The molecule has 0 heterocycles. The van der Waals surface area contributed by atoms with Crippen molar-refractivity contribution in [1.29, 1.82) is 0 Å². The molecule has 0 aliphatic heterocycles. The summed E-state index contributed by atoms with van der Waals surface area (Å²) in [4.78, 5) is 0. The summed E-state index contributed by atoms with van der Waals surface area (Å²) in [6.45, 7) is 5.73. The maximum atomic E-state index is 10.2. The number of aryl methyl sites for hydroxylation is 1. The molecule has 0 saturated heterocycles. The largest absolute Gasteiger partial charge is 0.493 e. The van der Waals surface area contributed by atoms with Crippen LogP contribution in [0.1, 0.15) is 29.7 Å². The Morgan fingerprint density at radius 3 is 2.65 bits per heavy atom. The van der Waals surface area contributed by atoms with E-state index >= 15 is 0 Å². The molecule has 2 N–H and O–H groups in total. The lowest BCUT2D eigenvalue weighted by atomic mass is 10.1. The van der Waals surface area contributed by atoms with Crippen LogP contribution in [0.4, 0.5) is 0 Å². The Labute approximate surface area is 138 Å². The highest BCUT2D eigenvalue weighted by atomic mass is 16.5. The Kier molecular flexibility index (Phi) is 6.44. The minimum absolute atomic E-state index is 0.499. The summed E-state index contributed by atoms with van der Waals surface area (Å²) in [6, 6.07) is 13.8. The van der Waals surface area contributed by atoms with Crippen LogP contribution in [0.25, 0.3) is 0 Å². The molecule has 0 fully saturated rings. The third-order valence-corrected chi connectivity index (χ3v) is 3.62. The van der Waals surface area contributed by atoms with Crippen molar-refractivity contribution in [2.45, 2.75) is 26.5 Å². The lowest BCUT2D eigenvalue weighted by Gasteiger charge is -2.14. The first-order valence-corrected chi connectivity index (χ1v) is 7.89. The average Bonchev–Trinajstić information content (AvgIpc) is 2.56. The molecule has 2 aromatic carbocycles. The first-order valence-electron chi connectivity index (χ1n) is 7.89. The maximum absolute atomic E-state index is 10.2. The quantitative estimate of drug-likeness (QED) is 0.785. The summed E-state index contributed by atoms with van der Waals surface area (Å²) in [5.41, 5.74) is 3.17. The highest BCUT2D eigenvalue weighted by Gasteiger charge is 2.08. The van der Waals surface area contributed by atoms with Crippen LogP contribution >= 0.6 is 0 Å². The van der Waals surface area contributed by atoms with E-state index in [0.717, 1.165) is 28.2 Å². The van der Waals surface area contributed by atoms with E-state index in [0.29, 0.717) is 19.7 Å². The van der Waals surface area contributed by atoms with Crippen molar-refractivity contribution in [2.24, 2.45) is 0 Å². The topological polar surface area (TPSA) is 50.7 Å². The summed E-state index contributed by atoms with van der Waals surface area (Å²) in [7, 11) is 1.64. The van der Waals surface area contributed by atoms with E-state index in [-0.39, 0.29) is 0 Å². The minimum atomic E-state index is -0.514. The smallest absolute Gasteiger partial charge is 0.161 e. The molecule has 4 nitrogen and oxygen atoms in total. The van der Waals surface area contributed by atoms with E-state index in [9.17, 15) is 5.11 Å². The van der Waals surface area contributed by atoms with Gasteiger partial charge in [-0.3, -0.25) is 0 Å². The molecule has 124 valence electrons. The van der Waals surface area contributed by atoms with Crippen molar-refractivity contribution < 1.29 is 14.6 Å². The van der Waals surface area contributed by atoms with Crippen LogP contribution in [0, 0.1) is 6.92 Å². The minimum Gasteiger partial charge on any atom is -0.493 e. The zero-order valence-electron chi connectivity index (χ0n) is 14.0. The van der Waals surface area contributed by atoms with E-state index in [4.69, 9.17) is 9.47 Å². The molecule has 0 amide bonds. The molecule has 0 aliphatic rings. The molecular formula is C19H25NO3. The molecule has 0 aliphatic carbocycles. The van der Waals surface area contributed by atoms with Crippen LogP contribution in [-0.4, -0.2) is 25.4 Å². The maximum Gasteiger partial charge on any atom is 0.161 e. The van der Waals surface area contributed by atoms with Crippen molar-refractivity contribution >= 4 is 0 Å². The van der Waals surface area contributed by atoms with Gasteiger partial charge in [-0.2, -0.15) is 0 Å². The van der Waals surface area contributed by atoms with Crippen LogP contribution in [0.3, 0.4) is 0 Å². The van der Waals surface area contributed by atoms with Crippen LogP contribution in [-0.2, 0) is 6.54 Å². The third-order valence-electron chi connectivity index (χ3n) is 3.62. The highest BCUT2D eigenvalue weighted by Crippen LogP contribution is 2.28. The lowest BCUT2D eigenvalue weighted by molar-refractivity contribution is 0.174. The summed E-state index contributed by atoms with van der Waals surface area (Å²) in [6.07, 6.45) is -0.514. The molecule has 2 aromatic rings. The van der Waals surface area contributed by atoms with E-state index in [1.165, 1.54) is 0 Å². The summed E-state index contributed by atoms with van der Waals surface area (Å²) < 4.78 is 10.9. The average molecular weight is 315 g/mol. The molecule has 0 spiro atoms. The van der Waals surface area contributed by atoms with Gasteiger partial charge in [-0.05, 0) is 37.1 Å². The Morgan fingerprint density at radius 1 is 1.13 bits per heavy atom. The molecular weight excluding hydrogens is 290 g/mol. The summed E-state index contributed by atoms with van der Waals surface area (Å²) >= 11 is 0. The second-order valence-electron chi connectivity index (χ2n) is 5.48. The number of hydrogen-bond acceptors (Lipinski definition) is 4. The van der Waals surface area contributed by atoms with Crippen molar-refractivity contribution in [1.82, 2.24) is 5.32 Å². The number of methoxy groups -OCH3 is 1. The van der Waals surface area contributed by atoms with Crippen molar-refractivity contribution in [3.8, 4) is 11.5 Å². The summed E-state index contributed by atoms with van der Waals surface area (Å²) in [5, 5.41) is 13.5. The van der Waals surface area contributed by atoms with E-state index in [2.05, 4.69) is 5.32 Å². The molecule has 0 radical (unpaired) electrons. The number of hydrogen-bond donors (Lipinski definition) is 2. The second-order valence-corrected chi connectivity index (χ2v) is 5.48. The molecule has 23 heavy (non-hydrogen) atoms. The molecule has 0 bridgehead atoms. The van der Waals surface area contributed by atoms with Gasteiger partial charge in [0.15, 0.2) is 11.5 Å². The number of benzene rings is 2. The zero-order valence-corrected chi connectivity index (χ0v) is 14.0. The number of rotatable bonds is 8. The number of nitrogens with one attached hydrogen (secondary N) is 1. The molecule has 1 atom stereocenters. The van der Waals surface area contributed by atoms with Gasteiger partial charge in [-0.25, -0.2) is 0 Å². The van der Waals surface area contributed by atoms with Crippen molar-refractivity contribution in [3.05, 3.63) is 59.2 Å². The zero-order chi connectivity index (χ0) is 16.7. The van der Waals surface area contributed by atoms with Gasteiger partial charge in [0.05, 0.1) is 19.8 Å². The number of aliphatic hydroxyl groups is 1. The SMILES string of the molecule is CCOc1ccc(CNCC(O)c2cccc(C)c2)cc1OC. The number of ether oxygens (including phenoxy) is 2. The summed E-state index contributed by atoms with van der Waals surface area (Å²) in [5.74, 6) is 1.48. The highest BCUT2D eigenvalue weighted by molar-refractivity contribution is 5.42. The molecule has 0 saturated carbocycles. The van der Waals surface area contributed by atoms with Crippen molar-refractivity contribution in [2.75, 3.05) is 20.3 Å². The van der Waals surface area contributed by atoms with Gasteiger partial charge in [0.1, 0.15) is 0 Å². The standard InChI is InChI=1S/C19H25NO3/c1-4-23-18-9-8-15(11-19(18)22-3)12-20-13-17(21)16-7-5-6-14(2)10-16/h5-11,17,20-21H,4,12-13H2,1-3H3. The van der Waals surface area contributed by atoms with E-state index < -0.39 is 6.10 Å². The van der Waals surface area contributed by atoms with Gasteiger partial charge in [-0.1, -0.05) is 35.9 Å². The molecule has 2 rings (SSSR count). The van der Waals surface area contributed by atoms with Gasteiger partial charge in [0.2, 0.25) is 0 Å². The second kappa shape index (κ2) is 8.56. The van der Waals surface area contributed by atoms with Gasteiger partial charge in [0, 0.05) is 13.1 Å². The van der Waals surface area contributed by atoms with Crippen LogP contribution in [0.2, 0.25) is 0 Å². The van der Waals surface area contributed by atoms with E-state index in [1.54, 1.807) is 7.11 Å². The number of aliphatic hydroxyl groups excluding tert-OH is 1. The van der Waals surface area contributed by atoms with Gasteiger partial charge in [0.25, 0.3) is 0 Å². The van der Waals surface area contributed by atoms with Crippen LogP contribution in [0.15, 0.2) is 42.5 Å². The van der Waals surface area contributed by atoms with Crippen molar-refractivity contribution in [3.63, 3.8) is 0 Å². The Balaban J connectivity index is 1.91. The predicted octanol–water partition coefficient (Wildman–Crippen LogP) is 3.23. The van der Waals surface area contributed by atoms with Gasteiger partial charge < -0.3 is 19.9 Å². The fourth-order valence-corrected chi connectivity index (χ4v) is 2.45. The fraction of sp³-hybridized carbons (Fsp3) is 0.368. The van der Waals surface area contributed by atoms with E-state index in [1.807, 2.05) is 56.3 Å². The monoisotopic (exact) mass is 315 g/mol. The molecule has 0 aromatic heterocycles. The Morgan fingerprint density at radius 2 is 1.96 bits per heavy atom. The predicted molar refractivity (Wildman–Crippen MR) is 92.0 cm³/mol. The first-order chi connectivity index (χ1) is 11.1. The van der Waals surface area contributed by atoms with Crippen LogP contribution in [0.5, 0.6) is 11.5 Å².